The summed E-state index contributed by atoms with van der Waals surface area (Å²) in [6.07, 6.45) is 3.46. The lowest BCUT2D eigenvalue weighted by atomic mass is 9.92. The molecule has 0 bridgehead atoms. The molecule has 9 heteroatoms. The molecule has 0 radical (unpaired) electrons. The summed E-state index contributed by atoms with van der Waals surface area (Å²) in [6, 6.07) is 21.2. The Balaban J connectivity index is 0.00000130. The molecule has 4 amide bonds. The molecule has 1 heterocycles. The van der Waals surface area contributed by atoms with Gasteiger partial charge in [0.1, 0.15) is 12.3 Å². The molecule has 0 saturated carbocycles. The third kappa shape index (κ3) is 12.2. The number of carbonyl (C=O) groups excluding carboxylic acids is 5. The number of hydrogen-bond acceptors (Lipinski definition) is 5. The number of amides is 4. The van der Waals surface area contributed by atoms with E-state index in [2.05, 4.69) is 42.0 Å². The minimum absolute atomic E-state index is 0.0222. The Hall–Kier alpha value is -4.53. The summed E-state index contributed by atoms with van der Waals surface area (Å²) in [6.45, 7) is 6.81. The Morgan fingerprint density at radius 1 is 0.911 bits per heavy atom. The van der Waals surface area contributed by atoms with Crippen LogP contribution in [-0.2, 0) is 36.8 Å². The molecule has 240 valence electrons. The molecule has 3 atom stereocenters. The normalized spacial score (nSPS) is 15.6. The van der Waals surface area contributed by atoms with E-state index in [9.17, 15) is 24.0 Å². The van der Waals surface area contributed by atoms with Crippen LogP contribution in [0.3, 0.4) is 0 Å². The van der Waals surface area contributed by atoms with Gasteiger partial charge in [-0.05, 0) is 53.5 Å². The van der Waals surface area contributed by atoms with E-state index in [1.54, 1.807) is 0 Å². The summed E-state index contributed by atoms with van der Waals surface area (Å²) in [5.74, 6) is -0.698. The van der Waals surface area contributed by atoms with Crippen molar-refractivity contribution in [3.05, 3.63) is 83.9 Å². The molecule has 45 heavy (non-hydrogen) atoms. The first-order chi connectivity index (χ1) is 21.7. The second-order valence-corrected chi connectivity index (χ2v) is 12.1. The van der Waals surface area contributed by atoms with Gasteiger partial charge in [0.2, 0.25) is 23.6 Å². The van der Waals surface area contributed by atoms with Crippen molar-refractivity contribution in [2.45, 2.75) is 71.4 Å². The van der Waals surface area contributed by atoms with E-state index in [4.69, 9.17) is 0 Å². The summed E-state index contributed by atoms with van der Waals surface area (Å²) >= 11 is 0. The Morgan fingerprint density at radius 3 is 2.31 bits per heavy atom. The Bertz CT molecular complexity index is 1420. The van der Waals surface area contributed by atoms with Gasteiger partial charge >= 0.3 is 0 Å². The number of benzene rings is 3. The van der Waals surface area contributed by atoms with Crippen LogP contribution in [0.1, 0.15) is 57.6 Å². The lowest BCUT2D eigenvalue weighted by Gasteiger charge is -2.23. The number of piperidine rings is 1. The fourth-order valence-corrected chi connectivity index (χ4v) is 5.14. The lowest BCUT2D eigenvalue weighted by molar-refractivity contribution is -0.130. The van der Waals surface area contributed by atoms with Crippen molar-refractivity contribution in [2.75, 3.05) is 13.1 Å². The van der Waals surface area contributed by atoms with Gasteiger partial charge in [0.25, 0.3) is 0 Å². The quantitative estimate of drug-likeness (QED) is 0.217. The Kier molecular flexibility index (Phi) is 14.2. The van der Waals surface area contributed by atoms with Crippen LogP contribution in [0.5, 0.6) is 0 Å². The SMILES string of the molecule is CC(C)C.O=CC(CCC1CCCNC1=O)NC(=O)CNC(=O)C(Cc1cccc2ccccc12)NC(=O)Cc1ccccc1. The van der Waals surface area contributed by atoms with E-state index in [-0.39, 0.29) is 37.1 Å². The molecule has 1 aliphatic rings. The summed E-state index contributed by atoms with van der Waals surface area (Å²) in [5.41, 5.74) is 1.71. The highest BCUT2D eigenvalue weighted by Crippen LogP contribution is 2.20. The molecule has 1 aliphatic heterocycles. The highest BCUT2D eigenvalue weighted by Gasteiger charge is 2.25. The van der Waals surface area contributed by atoms with Crippen molar-refractivity contribution in [2.24, 2.45) is 11.8 Å². The second kappa shape index (κ2) is 18.3. The maximum atomic E-state index is 13.3. The number of aldehydes is 1. The van der Waals surface area contributed by atoms with Crippen LogP contribution in [-0.4, -0.2) is 55.1 Å². The minimum Gasteiger partial charge on any atom is -0.356 e. The number of hydrogen-bond donors (Lipinski definition) is 4. The zero-order chi connectivity index (χ0) is 32.6. The Labute approximate surface area is 265 Å². The fourth-order valence-electron chi connectivity index (χ4n) is 5.14. The number of nitrogens with one attached hydrogen (secondary N) is 4. The average molecular weight is 615 g/mol. The van der Waals surface area contributed by atoms with Crippen molar-refractivity contribution >= 4 is 40.7 Å². The van der Waals surface area contributed by atoms with Gasteiger partial charge in [-0.2, -0.15) is 0 Å². The van der Waals surface area contributed by atoms with Crippen LogP contribution in [0.15, 0.2) is 72.8 Å². The van der Waals surface area contributed by atoms with Crippen molar-refractivity contribution in [1.29, 1.82) is 0 Å². The molecule has 0 spiro atoms. The zero-order valence-electron chi connectivity index (χ0n) is 26.5. The second-order valence-electron chi connectivity index (χ2n) is 12.1. The summed E-state index contributed by atoms with van der Waals surface area (Å²) < 4.78 is 0. The maximum Gasteiger partial charge on any atom is 0.243 e. The van der Waals surface area contributed by atoms with Gasteiger partial charge in [-0.1, -0.05) is 93.6 Å². The van der Waals surface area contributed by atoms with E-state index in [1.807, 2.05) is 72.8 Å². The van der Waals surface area contributed by atoms with Crippen molar-refractivity contribution in [3.63, 3.8) is 0 Å². The van der Waals surface area contributed by atoms with E-state index in [0.717, 1.165) is 40.7 Å². The predicted octanol–water partition coefficient (Wildman–Crippen LogP) is 3.88. The van der Waals surface area contributed by atoms with Gasteiger partial charge in [0.05, 0.1) is 19.0 Å². The third-order valence-electron chi connectivity index (χ3n) is 7.32. The minimum atomic E-state index is -0.920. The molecule has 0 aliphatic carbocycles. The number of carbonyl (C=O) groups is 5. The molecule has 9 nitrogen and oxygen atoms in total. The summed E-state index contributed by atoms with van der Waals surface area (Å²) in [5, 5.41) is 12.9. The molecule has 0 aromatic heterocycles. The number of fused-ring (bicyclic) bond motifs is 1. The van der Waals surface area contributed by atoms with Crippen molar-refractivity contribution < 1.29 is 24.0 Å². The first-order valence-electron chi connectivity index (χ1n) is 15.8. The van der Waals surface area contributed by atoms with Crippen LogP contribution >= 0.6 is 0 Å². The Morgan fingerprint density at radius 2 is 1.60 bits per heavy atom. The maximum absolute atomic E-state index is 13.3. The van der Waals surface area contributed by atoms with Gasteiger partial charge in [0, 0.05) is 18.9 Å². The van der Waals surface area contributed by atoms with Crippen molar-refractivity contribution in [1.82, 2.24) is 21.3 Å². The summed E-state index contributed by atoms with van der Waals surface area (Å²) in [4.78, 5) is 62.3. The largest absolute Gasteiger partial charge is 0.356 e. The predicted molar refractivity (Wildman–Crippen MR) is 176 cm³/mol. The van der Waals surface area contributed by atoms with Crippen molar-refractivity contribution in [3.8, 4) is 0 Å². The topological polar surface area (TPSA) is 133 Å². The van der Waals surface area contributed by atoms with Crippen LogP contribution in [0.25, 0.3) is 10.8 Å². The third-order valence-corrected chi connectivity index (χ3v) is 7.32. The molecular weight excluding hydrogens is 568 g/mol. The van der Waals surface area contributed by atoms with Crippen LogP contribution < -0.4 is 21.3 Å². The van der Waals surface area contributed by atoms with E-state index < -0.39 is 23.9 Å². The molecule has 3 unspecified atom stereocenters. The van der Waals surface area contributed by atoms with Gasteiger partial charge in [-0.25, -0.2) is 0 Å². The van der Waals surface area contributed by atoms with Gasteiger partial charge in [-0.15, -0.1) is 0 Å². The molecule has 3 aromatic carbocycles. The smallest absolute Gasteiger partial charge is 0.243 e. The van der Waals surface area contributed by atoms with E-state index in [0.29, 0.717) is 25.7 Å². The monoisotopic (exact) mass is 614 g/mol. The van der Waals surface area contributed by atoms with Gasteiger partial charge in [-0.3, -0.25) is 19.2 Å². The first-order valence-corrected chi connectivity index (χ1v) is 15.8. The zero-order valence-corrected chi connectivity index (χ0v) is 26.5. The molecule has 1 fully saturated rings. The molecule has 4 rings (SSSR count). The lowest BCUT2D eigenvalue weighted by Crippen LogP contribution is -2.51. The molecule has 1 saturated heterocycles. The molecule has 4 N–H and O–H groups in total. The van der Waals surface area contributed by atoms with Crippen LogP contribution in [0.2, 0.25) is 0 Å². The van der Waals surface area contributed by atoms with Gasteiger partial charge in [0.15, 0.2) is 0 Å². The molecule has 3 aromatic rings. The number of rotatable bonds is 13. The van der Waals surface area contributed by atoms with Crippen LogP contribution in [0, 0.1) is 11.8 Å². The standard InChI is InChI=1S/C32H36N4O5.C4H10/c37-21-26(16-15-24-13-7-17-33-31(24)40)35-30(39)20-34-32(41)28(36-29(38)18-22-8-2-1-3-9-22)19-25-12-6-11-23-10-4-5-14-27(23)25;1-4(2)3/h1-6,8-12,14,21,24,26,28H,7,13,15-20H2,(H,33,40)(H,34,41)(H,35,39)(H,36,38);4H,1-3H3. The van der Waals surface area contributed by atoms with E-state index in [1.165, 1.54) is 0 Å². The van der Waals surface area contributed by atoms with Crippen LogP contribution in [0.4, 0.5) is 0 Å². The fraction of sp³-hybridized carbons (Fsp3) is 0.417. The highest BCUT2D eigenvalue weighted by atomic mass is 16.2. The average Bonchev–Trinajstić information content (AvgIpc) is 3.02. The first kappa shape index (κ1) is 35.0. The highest BCUT2D eigenvalue weighted by molar-refractivity contribution is 5.93. The van der Waals surface area contributed by atoms with E-state index >= 15 is 0 Å². The summed E-state index contributed by atoms with van der Waals surface area (Å²) in [7, 11) is 0. The van der Waals surface area contributed by atoms with Gasteiger partial charge < -0.3 is 26.1 Å². The molecular formula is C36H46N4O5.